The zero-order valence-electron chi connectivity index (χ0n) is 11.7. The van der Waals surface area contributed by atoms with Crippen molar-refractivity contribution in [3.8, 4) is 5.69 Å². The van der Waals surface area contributed by atoms with Crippen LogP contribution in [0.4, 0.5) is 0 Å². The molecule has 0 fully saturated rings. The zero-order valence-corrected chi connectivity index (χ0v) is 13.2. The smallest absolute Gasteiger partial charge is 0.291 e. The van der Waals surface area contributed by atoms with Crippen molar-refractivity contribution in [1.29, 1.82) is 0 Å². The molecule has 0 spiro atoms. The van der Waals surface area contributed by atoms with E-state index in [4.69, 9.17) is 0 Å². The van der Waals surface area contributed by atoms with Crippen LogP contribution in [0.1, 0.15) is 21.0 Å². The predicted molar refractivity (Wildman–Crippen MR) is 84.8 cm³/mol. The Kier molecular flexibility index (Phi) is 4.20. The van der Waals surface area contributed by atoms with Crippen molar-refractivity contribution < 1.29 is 9.59 Å². The summed E-state index contributed by atoms with van der Waals surface area (Å²) in [5, 5.41) is 8.08. The number of nitrogens with zero attached hydrogens (tertiary/aromatic N) is 3. The van der Waals surface area contributed by atoms with Crippen LogP contribution in [0.3, 0.4) is 0 Å². The largest absolute Gasteiger partial charge is 0.356 e. The van der Waals surface area contributed by atoms with Crippen molar-refractivity contribution in [2.75, 3.05) is 0 Å². The maximum atomic E-state index is 12.0. The summed E-state index contributed by atoms with van der Waals surface area (Å²) in [6, 6.07) is 10.8. The zero-order chi connectivity index (χ0) is 16.2. The molecular weight excluding hydrogens is 364 g/mol. The molecule has 0 aliphatic heterocycles. The van der Waals surface area contributed by atoms with Gasteiger partial charge in [0, 0.05) is 10.7 Å². The van der Waals surface area contributed by atoms with Crippen LogP contribution in [-0.4, -0.2) is 31.8 Å². The van der Waals surface area contributed by atoms with E-state index in [2.05, 4.69) is 42.0 Å². The van der Waals surface area contributed by atoms with Crippen molar-refractivity contribution in [3.63, 3.8) is 0 Å². The van der Waals surface area contributed by atoms with Crippen LogP contribution in [0.15, 0.2) is 53.3 Å². The number of para-hydroxylation sites is 1. The number of hydrogen-bond acceptors (Lipinski definition) is 4. The molecule has 2 heterocycles. The van der Waals surface area contributed by atoms with Gasteiger partial charge in [-0.05, 0) is 34.1 Å². The van der Waals surface area contributed by atoms with Crippen LogP contribution in [0, 0.1) is 0 Å². The first-order valence-electron chi connectivity index (χ1n) is 6.56. The number of amides is 2. The van der Waals surface area contributed by atoms with Crippen molar-refractivity contribution >= 4 is 27.7 Å². The van der Waals surface area contributed by atoms with Gasteiger partial charge in [0.1, 0.15) is 5.69 Å². The van der Waals surface area contributed by atoms with Crippen molar-refractivity contribution in [2.45, 2.75) is 0 Å². The Balaban J connectivity index is 1.63. The fourth-order valence-corrected chi connectivity index (χ4v) is 2.14. The standard InChI is InChI=1S/C14H11BrN6O2/c15-9-6-11(16-7-9)13(22)18-19-14(23)12-8-17-21(20-12)10-4-2-1-3-5-10/h1-8,16H,(H,18,22)(H,19,23). The minimum atomic E-state index is -0.564. The average molecular weight is 375 g/mol. The summed E-state index contributed by atoms with van der Waals surface area (Å²) < 4.78 is 0.736. The lowest BCUT2D eigenvalue weighted by Gasteiger charge is -2.04. The second-order valence-corrected chi connectivity index (χ2v) is 5.41. The number of carbonyl (C=O) groups excluding carboxylic acids is 2. The summed E-state index contributed by atoms with van der Waals surface area (Å²) in [6.07, 6.45) is 2.93. The number of rotatable bonds is 3. The summed E-state index contributed by atoms with van der Waals surface area (Å²) in [4.78, 5) is 27.9. The first-order valence-corrected chi connectivity index (χ1v) is 7.35. The lowest BCUT2D eigenvalue weighted by molar-refractivity contribution is 0.0841. The summed E-state index contributed by atoms with van der Waals surface area (Å²) >= 11 is 3.22. The maximum Gasteiger partial charge on any atom is 0.291 e. The molecule has 3 N–H and O–H groups in total. The number of aromatic nitrogens is 4. The van der Waals surface area contributed by atoms with Crippen molar-refractivity contribution in [3.05, 3.63) is 64.7 Å². The monoisotopic (exact) mass is 374 g/mol. The average Bonchev–Trinajstić information content (AvgIpc) is 3.22. The van der Waals surface area contributed by atoms with Crippen LogP contribution < -0.4 is 10.9 Å². The first kappa shape index (κ1) is 15.0. The van der Waals surface area contributed by atoms with Gasteiger partial charge in [-0.1, -0.05) is 18.2 Å². The molecule has 0 saturated heterocycles. The van der Waals surface area contributed by atoms with Gasteiger partial charge >= 0.3 is 0 Å². The molecular formula is C14H11BrN6O2. The molecule has 0 atom stereocenters. The molecule has 2 amide bonds. The normalized spacial score (nSPS) is 10.3. The molecule has 1 aromatic carbocycles. The molecule has 8 nitrogen and oxygen atoms in total. The number of hydrogen-bond donors (Lipinski definition) is 3. The van der Waals surface area contributed by atoms with Gasteiger partial charge in [-0.3, -0.25) is 20.4 Å². The van der Waals surface area contributed by atoms with E-state index in [-0.39, 0.29) is 5.69 Å². The van der Waals surface area contributed by atoms with Crippen molar-refractivity contribution in [1.82, 2.24) is 30.8 Å². The fourth-order valence-electron chi connectivity index (χ4n) is 1.80. The molecule has 23 heavy (non-hydrogen) atoms. The van der Waals surface area contributed by atoms with Crippen LogP contribution in [-0.2, 0) is 0 Å². The van der Waals surface area contributed by atoms with Gasteiger partial charge in [0.2, 0.25) is 0 Å². The van der Waals surface area contributed by atoms with Gasteiger partial charge in [-0.25, -0.2) is 0 Å². The van der Waals surface area contributed by atoms with Crippen LogP contribution in [0.5, 0.6) is 0 Å². The molecule has 0 aliphatic rings. The maximum absolute atomic E-state index is 12.0. The molecule has 0 radical (unpaired) electrons. The summed E-state index contributed by atoms with van der Waals surface area (Å²) in [5.74, 6) is -1.04. The molecule has 0 aliphatic carbocycles. The van der Waals surface area contributed by atoms with E-state index in [1.54, 1.807) is 12.3 Å². The third-order valence-electron chi connectivity index (χ3n) is 2.89. The van der Waals surface area contributed by atoms with Crippen molar-refractivity contribution in [2.24, 2.45) is 0 Å². The third kappa shape index (κ3) is 3.46. The van der Waals surface area contributed by atoms with Gasteiger partial charge in [0.05, 0.1) is 11.9 Å². The number of carbonyl (C=O) groups is 2. The van der Waals surface area contributed by atoms with Gasteiger partial charge in [0.25, 0.3) is 11.8 Å². The van der Waals surface area contributed by atoms with Gasteiger partial charge in [-0.2, -0.15) is 9.90 Å². The highest BCUT2D eigenvalue weighted by atomic mass is 79.9. The van der Waals surface area contributed by atoms with Crippen LogP contribution >= 0.6 is 15.9 Å². The number of nitrogens with one attached hydrogen (secondary N) is 3. The minimum absolute atomic E-state index is 0.0850. The molecule has 116 valence electrons. The molecule has 3 aromatic rings. The Morgan fingerprint density at radius 3 is 2.57 bits per heavy atom. The van der Waals surface area contributed by atoms with Gasteiger partial charge in [-0.15, -0.1) is 5.10 Å². The van der Waals surface area contributed by atoms with E-state index in [0.717, 1.165) is 10.2 Å². The Labute approximate surface area is 139 Å². The topological polar surface area (TPSA) is 105 Å². The highest BCUT2D eigenvalue weighted by Gasteiger charge is 2.13. The fraction of sp³-hybridized carbons (Fsp3) is 0. The van der Waals surface area contributed by atoms with E-state index >= 15 is 0 Å². The van der Waals surface area contributed by atoms with E-state index in [1.165, 1.54) is 11.0 Å². The number of hydrazine groups is 1. The number of halogens is 1. The Bertz CT molecular complexity index is 842. The first-order chi connectivity index (χ1) is 11.1. The summed E-state index contributed by atoms with van der Waals surface area (Å²) in [6.45, 7) is 0. The van der Waals surface area contributed by atoms with E-state index < -0.39 is 11.8 Å². The second kappa shape index (κ2) is 6.44. The van der Waals surface area contributed by atoms with Crippen LogP contribution in [0.2, 0.25) is 0 Å². The van der Waals surface area contributed by atoms with E-state index in [1.807, 2.05) is 30.3 Å². The molecule has 0 saturated carbocycles. The highest BCUT2D eigenvalue weighted by Crippen LogP contribution is 2.10. The number of benzene rings is 1. The Morgan fingerprint density at radius 1 is 1.13 bits per heavy atom. The minimum Gasteiger partial charge on any atom is -0.356 e. The highest BCUT2D eigenvalue weighted by molar-refractivity contribution is 9.10. The molecule has 2 aromatic heterocycles. The molecule has 0 bridgehead atoms. The van der Waals surface area contributed by atoms with Crippen LogP contribution in [0.25, 0.3) is 5.69 Å². The van der Waals surface area contributed by atoms with E-state index in [0.29, 0.717) is 5.69 Å². The Hall–Kier alpha value is -2.94. The SMILES string of the molecule is O=C(NNC(=O)c1cc(Br)c[nH]1)c1cnn(-c2ccccc2)n1. The van der Waals surface area contributed by atoms with E-state index in [9.17, 15) is 9.59 Å². The molecule has 9 heteroatoms. The summed E-state index contributed by atoms with van der Waals surface area (Å²) in [5.41, 5.74) is 5.70. The van der Waals surface area contributed by atoms with Gasteiger partial charge < -0.3 is 4.98 Å². The van der Waals surface area contributed by atoms with Gasteiger partial charge in [0.15, 0.2) is 5.69 Å². The second-order valence-electron chi connectivity index (χ2n) is 4.49. The lowest BCUT2D eigenvalue weighted by Crippen LogP contribution is -2.42. The number of aromatic amines is 1. The molecule has 0 unspecified atom stereocenters. The number of H-pyrrole nitrogens is 1. The lowest BCUT2D eigenvalue weighted by atomic mass is 10.3. The quantitative estimate of drug-likeness (QED) is 0.603. The molecule has 3 rings (SSSR count). The third-order valence-corrected chi connectivity index (χ3v) is 3.35. The Morgan fingerprint density at radius 2 is 1.87 bits per heavy atom. The summed E-state index contributed by atoms with van der Waals surface area (Å²) in [7, 11) is 0. The predicted octanol–water partition coefficient (Wildman–Crippen LogP) is 1.43.